The molecule has 1 aromatic heterocycles. The molecule has 0 radical (unpaired) electrons. The van der Waals surface area contributed by atoms with Gasteiger partial charge in [0.25, 0.3) is 0 Å². The van der Waals surface area contributed by atoms with E-state index >= 15 is 0 Å². The Kier molecular flexibility index (Phi) is 9.00. The average Bonchev–Trinajstić information content (AvgIpc) is 3.48. The minimum Gasteiger partial charge on any atom is -0.495 e. The zero-order chi connectivity index (χ0) is 30.7. The number of nitrogens with zero attached hydrogens (tertiary/aromatic N) is 4. The van der Waals surface area contributed by atoms with Crippen LogP contribution in [-0.4, -0.2) is 47.8 Å². The number of nitriles is 1. The fourth-order valence-electron chi connectivity index (χ4n) is 4.99. The lowest BCUT2D eigenvalue weighted by atomic mass is 9.75. The van der Waals surface area contributed by atoms with Crippen molar-refractivity contribution < 1.29 is 23.9 Å². The molecule has 1 aliphatic heterocycles. The van der Waals surface area contributed by atoms with Gasteiger partial charge in [0, 0.05) is 23.4 Å². The number of ether oxygens (including phenoxy) is 2. The first-order valence-electron chi connectivity index (χ1n) is 13.0. The highest BCUT2D eigenvalue weighted by molar-refractivity contribution is 8.01. The highest BCUT2D eigenvalue weighted by Crippen LogP contribution is 2.47. The molecule has 0 spiro atoms. The zero-order valence-electron chi connectivity index (χ0n) is 23.0. The number of methoxy groups -OCH3 is 2. The smallest absolute Gasteiger partial charge is 0.337 e. The summed E-state index contributed by atoms with van der Waals surface area (Å²) in [7, 11) is 2.81. The number of anilines is 2. The van der Waals surface area contributed by atoms with Crippen molar-refractivity contribution in [2.24, 2.45) is 5.73 Å². The zero-order valence-corrected chi connectivity index (χ0v) is 25.4. The van der Waals surface area contributed by atoms with Crippen LogP contribution < -0.4 is 20.7 Å². The Morgan fingerprint density at radius 1 is 1.21 bits per heavy atom. The van der Waals surface area contributed by atoms with Crippen molar-refractivity contribution in [3.63, 3.8) is 0 Å². The molecule has 1 amide bonds. The number of nitrogens with one attached hydrogen (secondary N) is 1. The molecule has 2 aliphatic rings. The monoisotopic (exact) mass is 636 g/mol. The molecular formula is C29H25ClN6O5S2. The number of amides is 1. The number of halogens is 1. The Labute approximate surface area is 260 Å². The van der Waals surface area contributed by atoms with Crippen molar-refractivity contribution in [3.8, 4) is 11.8 Å². The first-order chi connectivity index (χ1) is 20.7. The van der Waals surface area contributed by atoms with Crippen LogP contribution in [0.1, 0.15) is 41.1 Å². The lowest BCUT2D eigenvalue weighted by molar-refractivity contribution is -0.116. The predicted molar refractivity (Wildman–Crippen MR) is 163 cm³/mol. The van der Waals surface area contributed by atoms with Crippen molar-refractivity contribution in [2.75, 3.05) is 30.2 Å². The number of hydrogen-bond donors (Lipinski definition) is 2. The van der Waals surface area contributed by atoms with E-state index in [-0.39, 0.29) is 28.8 Å². The maximum atomic E-state index is 13.3. The van der Waals surface area contributed by atoms with Crippen LogP contribution in [0.25, 0.3) is 0 Å². The number of nitrogens with two attached hydrogens (primary N) is 1. The van der Waals surface area contributed by atoms with E-state index in [1.54, 1.807) is 47.4 Å². The van der Waals surface area contributed by atoms with E-state index in [4.69, 9.17) is 26.8 Å². The largest absolute Gasteiger partial charge is 0.495 e. The number of ketones is 1. The summed E-state index contributed by atoms with van der Waals surface area (Å²) in [5, 5.41) is 22.3. The number of Topliss-reactive ketones (excluding diaryl/α,β-unsaturated/α-hetero) is 1. The maximum absolute atomic E-state index is 13.3. The molecule has 3 aromatic rings. The van der Waals surface area contributed by atoms with Crippen LogP contribution >= 0.6 is 34.7 Å². The molecule has 0 bridgehead atoms. The summed E-state index contributed by atoms with van der Waals surface area (Å²) in [5.74, 6) is -0.810. The standard InChI is InChI=1S/C29H25ClN6O5S2/c1-40-22-11-10-17(12-19(22)30)33-23(38)14-42-29-35-34-28(43-29)36-20-4-3-5-21(37)25(20)24(18(13-31)26(36)32)15-6-8-16(9-7-15)27(39)41-2/h6-12,24H,3-5,14,32H2,1-2H3,(H,33,38). The van der Waals surface area contributed by atoms with Crippen LogP contribution in [0.5, 0.6) is 5.75 Å². The van der Waals surface area contributed by atoms with E-state index in [9.17, 15) is 19.6 Å². The molecule has 0 saturated heterocycles. The van der Waals surface area contributed by atoms with Crippen LogP contribution in [-0.2, 0) is 14.3 Å². The third-order valence-electron chi connectivity index (χ3n) is 6.93. The van der Waals surface area contributed by atoms with Gasteiger partial charge in [-0.15, -0.1) is 10.2 Å². The number of thioether (sulfide) groups is 1. The van der Waals surface area contributed by atoms with Gasteiger partial charge in [-0.3, -0.25) is 14.5 Å². The van der Waals surface area contributed by atoms with Gasteiger partial charge in [-0.25, -0.2) is 4.79 Å². The molecule has 1 aliphatic carbocycles. The van der Waals surface area contributed by atoms with Crippen molar-refractivity contribution in [1.29, 1.82) is 5.26 Å². The number of esters is 1. The van der Waals surface area contributed by atoms with Crippen LogP contribution in [0, 0.1) is 11.3 Å². The van der Waals surface area contributed by atoms with Gasteiger partial charge in [0.1, 0.15) is 11.6 Å². The minimum atomic E-state index is -0.687. The fourth-order valence-corrected chi connectivity index (χ4v) is 6.93. The number of carbonyl (C=O) groups excluding carboxylic acids is 3. The third-order valence-corrected chi connectivity index (χ3v) is 9.26. The molecule has 14 heteroatoms. The first-order valence-corrected chi connectivity index (χ1v) is 15.2. The topological polar surface area (TPSA) is 161 Å². The molecular weight excluding hydrogens is 612 g/mol. The lowest BCUT2D eigenvalue weighted by Gasteiger charge is -2.38. The Bertz CT molecular complexity index is 1710. The highest BCUT2D eigenvalue weighted by atomic mass is 35.5. The van der Waals surface area contributed by atoms with Gasteiger partial charge < -0.3 is 20.5 Å². The normalized spacial score (nSPS) is 16.5. The van der Waals surface area contributed by atoms with E-state index in [0.29, 0.717) is 67.6 Å². The minimum absolute atomic E-state index is 0.0587. The second kappa shape index (κ2) is 12.9. The molecule has 1 unspecified atom stereocenters. The molecule has 3 N–H and O–H groups in total. The second-order valence-electron chi connectivity index (χ2n) is 9.47. The highest BCUT2D eigenvalue weighted by Gasteiger charge is 2.41. The summed E-state index contributed by atoms with van der Waals surface area (Å²) in [6.07, 6.45) is 1.51. The number of rotatable bonds is 8. The Morgan fingerprint density at radius 2 is 1.98 bits per heavy atom. The van der Waals surface area contributed by atoms with Gasteiger partial charge in [0.15, 0.2) is 10.1 Å². The number of benzene rings is 2. The van der Waals surface area contributed by atoms with Gasteiger partial charge in [0.2, 0.25) is 11.0 Å². The summed E-state index contributed by atoms with van der Waals surface area (Å²) < 4.78 is 10.4. The summed E-state index contributed by atoms with van der Waals surface area (Å²) in [5.41, 5.74) is 9.48. The summed E-state index contributed by atoms with van der Waals surface area (Å²) in [6.45, 7) is 0. The number of carbonyl (C=O) groups is 3. The Morgan fingerprint density at radius 3 is 2.65 bits per heavy atom. The second-order valence-corrected chi connectivity index (χ2v) is 12.1. The van der Waals surface area contributed by atoms with Gasteiger partial charge in [0.05, 0.1) is 48.1 Å². The first kappa shape index (κ1) is 30.1. The third kappa shape index (κ3) is 6.08. The van der Waals surface area contributed by atoms with Crippen molar-refractivity contribution in [2.45, 2.75) is 29.5 Å². The average molecular weight is 637 g/mol. The Hall–Kier alpha value is -4.38. The SMILES string of the molecule is COC(=O)c1ccc(C2C(C#N)=C(N)N(c3nnc(SCC(=O)Nc4ccc(OC)c(Cl)c4)s3)C3=C2C(=O)CCC3)cc1. The molecule has 2 aromatic carbocycles. The summed E-state index contributed by atoms with van der Waals surface area (Å²) in [4.78, 5) is 39.5. The van der Waals surface area contributed by atoms with E-state index in [1.807, 2.05) is 0 Å². The van der Waals surface area contributed by atoms with Crippen LogP contribution in [0.15, 0.2) is 69.5 Å². The predicted octanol–water partition coefficient (Wildman–Crippen LogP) is 5.02. The Balaban J connectivity index is 1.39. The number of allylic oxidation sites excluding steroid dienone is 3. The van der Waals surface area contributed by atoms with Gasteiger partial charge in [-0.2, -0.15) is 5.26 Å². The van der Waals surface area contributed by atoms with E-state index < -0.39 is 11.9 Å². The quantitative estimate of drug-likeness (QED) is 0.252. The van der Waals surface area contributed by atoms with Crippen LogP contribution in [0.2, 0.25) is 5.02 Å². The maximum Gasteiger partial charge on any atom is 0.337 e. The molecule has 0 saturated carbocycles. The van der Waals surface area contributed by atoms with Crippen molar-refractivity contribution in [1.82, 2.24) is 10.2 Å². The van der Waals surface area contributed by atoms with E-state index in [1.165, 1.54) is 37.3 Å². The molecule has 0 fully saturated rings. The van der Waals surface area contributed by atoms with Gasteiger partial charge in [-0.05, 0) is 48.7 Å². The molecule has 43 heavy (non-hydrogen) atoms. The number of hydrogen-bond acceptors (Lipinski definition) is 12. The van der Waals surface area contributed by atoms with Gasteiger partial charge in [-0.1, -0.05) is 46.8 Å². The lowest BCUT2D eigenvalue weighted by Crippen LogP contribution is -2.38. The van der Waals surface area contributed by atoms with E-state index in [2.05, 4.69) is 21.6 Å². The molecule has 11 nitrogen and oxygen atoms in total. The van der Waals surface area contributed by atoms with Crippen LogP contribution in [0.4, 0.5) is 10.8 Å². The molecule has 220 valence electrons. The molecule has 1 atom stereocenters. The fraction of sp³-hybridized carbons (Fsp3) is 0.241. The van der Waals surface area contributed by atoms with Crippen LogP contribution in [0.3, 0.4) is 0 Å². The molecule has 2 heterocycles. The summed E-state index contributed by atoms with van der Waals surface area (Å²) in [6, 6.07) is 13.7. The number of aromatic nitrogens is 2. The van der Waals surface area contributed by atoms with Crippen molar-refractivity contribution in [3.05, 3.63) is 81.3 Å². The van der Waals surface area contributed by atoms with Gasteiger partial charge >= 0.3 is 5.97 Å². The summed E-state index contributed by atoms with van der Waals surface area (Å²) >= 11 is 8.53. The van der Waals surface area contributed by atoms with Crippen molar-refractivity contribution >= 4 is 63.2 Å². The molecule has 5 rings (SSSR count). The van der Waals surface area contributed by atoms with E-state index in [0.717, 1.165) is 0 Å².